The Morgan fingerprint density at radius 2 is 2.33 bits per heavy atom. The number of benzene rings is 1. The van der Waals surface area contributed by atoms with Crippen molar-refractivity contribution in [2.45, 2.75) is 19.8 Å². The minimum atomic E-state index is -0.100. The van der Waals surface area contributed by atoms with Crippen molar-refractivity contribution in [1.29, 1.82) is 0 Å². The molecule has 0 spiro atoms. The van der Waals surface area contributed by atoms with Crippen molar-refractivity contribution in [3.8, 4) is 5.75 Å². The number of ether oxygens (including phenoxy) is 1. The van der Waals surface area contributed by atoms with Crippen molar-refractivity contribution in [2.75, 3.05) is 26.2 Å². The van der Waals surface area contributed by atoms with E-state index in [1.54, 1.807) is 24.3 Å². The molecule has 118 valence electrons. The highest BCUT2D eigenvalue weighted by Gasteiger charge is 2.26. The monoisotopic (exact) mass is 332 g/mol. The second-order valence-corrected chi connectivity index (χ2v) is 6.05. The zero-order valence-electron chi connectivity index (χ0n) is 12.2. The molecule has 1 saturated heterocycles. The van der Waals surface area contributed by atoms with Crippen LogP contribution in [0.1, 0.15) is 19.8 Å². The van der Waals surface area contributed by atoms with Crippen LogP contribution >= 0.6 is 24.0 Å². The molecule has 1 unspecified atom stereocenters. The summed E-state index contributed by atoms with van der Waals surface area (Å²) >= 11 is 5.85. The van der Waals surface area contributed by atoms with Crippen LogP contribution in [0.3, 0.4) is 0 Å². The fourth-order valence-corrected chi connectivity index (χ4v) is 2.52. The van der Waals surface area contributed by atoms with Gasteiger partial charge in [0.1, 0.15) is 5.75 Å². The summed E-state index contributed by atoms with van der Waals surface area (Å²) in [6.45, 7) is 4.91. The van der Waals surface area contributed by atoms with Gasteiger partial charge in [0.25, 0.3) is 5.91 Å². The van der Waals surface area contributed by atoms with E-state index in [4.69, 9.17) is 16.3 Å². The van der Waals surface area contributed by atoms with Crippen LogP contribution in [0.2, 0.25) is 5.02 Å². The van der Waals surface area contributed by atoms with Crippen molar-refractivity contribution in [3.63, 3.8) is 0 Å². The van der Waals surface area contributed by atoms with Crippen molar-refractivity contribution < 1.29 is 9.53 Å². The zero-order valence-corrected chi connectivity index (χ0v) is 13.7. The maximum atomic E-state index is 11.8. The van der Waals surface area contributed by atoms with E-state index in [1.165, 1.54) is 0 Å². The largest absolute Gasteiger partial charge is 0.484 e. The van der Waals surface area contributed by atoms with Crippen LogP contribution < -0.4 is 15.4 Å². The molecular weight excluding hydrogens is 311 g/mol. The lowest BCUT2D eigenvalue weighted by Crippen LogP contribution is -2.46. The summed E-state index contributed by atoms with van der Waals surface area (Å²) in [5, 5.41) is 6.91. The molecule has 0 aliphatic carbocycles. The smallest absolute Gasteiger partial charge is 0.257 e. The lowest BCUT2D eigenvalue weighted by molar-refractivity contribution is -0.123. The summed E-state index contributed by atoms with van der Waals surface area (Å²) in [5.41, 5.74) is 0.143. The summed E-state index contributed by atoms with van der Waals surface area (Å²) in [6, 6.07) is 7.04. The van der Waals surface area contributed by atoms with Gasteiger partial charge in [-0.1, -0.05) is 24.6 Å². The summed E-state index contributed by atoms with van der Waals surface area (Å²) in [4.78, 5) is 11.8. The Balaban J connectivity index is 0.00000220. The molecule has 2 N–H and O–H groups in total. The first-order valence-electron chi connectivity index (χ1n) is 6.93. The molecule has 21 heavy (non-hydrogen) atoms. The van der Waals surface area contributed by atoms with Crippen LogP contribution in [0, 0.1) is 5.41 Å². The van der Waals surface area contributed by atoms with Crippen LogP contribution in [0.4, 0.5) is 0 Å². The zero-order chi connectivity index (χ0) is 14.4. The van der Waals surface area contributed by atoms with Gasteiger partial charge < -0.3 is 15.4 Å². The molecule has 1 aromatic carbocycles. The Labute approximate surface area is 137 Å². The third-order valence-electron chi connectivity index (χ3n) is 3.56. The number of halogens is 2. The minimum Gasteiger partial charge on any atom is -0.484 e. The molecule has 0 aromatic heterocycles. The van der Waals surface area contributed by atoms with Gasteiger partial charge >= 0.3 is 0 Å². The fraction of sp³-hybridized carbons (Fsp3) is 0.533. The van der Waals surface area contributed by atoms with Crippen LogP contribution in [0.15, 0.2) is 24.3 Å². The molecule has 0 saturated carbocycles. The van der Waals surface area contributed by atoms with Gasteiger partial charge in [0, 0.05) is 18.1 Å². The van der Waals surface area contributed by atoms with Crippen LogP contribution in [-0.2, 0) is 4.79 Å². The van der Waals surface area contributed by atoms with E-state index >= 15 is 0 Å². The highest BCUT2D eigenvalue weighted by atomic mass is 35.5. The molecular formula is C15H22Cl2N2O2. The maximum Gasteiger partial charge on any atom is 0.257 e. The average Bonchev–Trinajstić information content (AvgIpc) is 2.44. The summed E-state index contributed by atoms with van der Waals surface area (Å²) < 4.78 is 5.41. The van der Waals surface area contributed by atoms with Gasteiger partial charge in [-0.15, -0.1) is 12.4 Å². The topological polar surface area (TPSA) is 50.4 Å². The first-order chi connectivity index (χ1) is 9.57. The third-order valence-corrected chi connectivity index (χ3v) is 3.80. The van der Waals surface area contributed by atoms with Gasteiger partial charge in [-0.3, -0.25) is 4.79 Å². The molecule has 2 rings (SSSR count). The highest BCUT2D eigenvalue weighted by Crippen LogP contribution is 2.24. The molecule has 1 amide bonds. The van der Waals surface area contributed by atoms with E-state index in [2.05, 4.69) is 17.6 Å². The molecule has 1 aliphatic rings. The lowest BCUT2D eigenvalue weighted by Gasteiger charge is -2.34. The molecule has 0 bridgehead atoms. The van der Waals surface area contributed by atoms with Crippen LogP contribution in [-0.4, -0.2) is 32.1 Å². The van der Waals surface area contributed by atoms with Gasteiger partial charge in [-0.25, -0.2) is 0 Å². The minimum absolute atomic E-state index is 0. The SMILES string of the molecule is CC1(CNC(=O)COc2cccc(Cl)c2)CCCNC1.Cl. The van der Waals surface area contributed by atoms with Gasteiger partial charge in [0.05, 0.1) is 0 Å². The lowest BCUT2D eigenvalue weighted by atomic mass is 9.83. The van der Waals surface area contributed by atoms with Crippen molar-refractivity contribution in [3.05, 3.63) is 29.3 Å². The molecule has 6 heteroatoms. The van der Waals surface area contributed by atoms with Crippen molar-refractivity contribution in [2.24, 2.45) is 5.41 Å². The van der Waals surface area contributed by atoms with E-state index in [0.29, 0.717) is 17.3 Å². The molecule has 1 aromatic rings. The van der Waals surface area contributed by atoms with Gasteiger partial charge in [-0.05, 0) is 43.0 Å². The first kappa shape index (κ1) is 18.1. The fourth-order valence-electron chi connectivity index (χ4n) is 2.34. The number of carbonyl (C=O) groups excluding carboxylic acids is 1. The van der Waals surface area contributed by atoms with Crippen molar-refractivity contribution in [1.82, 2.24) is 10.6 Å². The van der Waals surface area contributed by atoms with E-state index in [1.807, 2.05) is 0 Å². The second-order valence-electron chi connectivity index (χ2n) is 5.61. The van der Waals surface area contributed by atoms with Crippen LogP contribution in [0.25, 0.3) is 0 Å². The Hall–Kier alpha value is -0.970. The van der Waals surface area contributed by atoms with E-state index in [0.717, 1.165) is 25.9 Å². The molecule has 1 heterocycles. The number of hydrogen-bond donors (Lipinski definition) is 2. The van der Waals surface area contributed by atoms with E-state index in [-0.39, 0.29) is 30.3 Å². The molecule has 1 fully saturated rings. The predicted molar refractivity (Wildman–Crippen MR) is 87.4 cm³/mol. The molecule has 4 nitrogen and oxygen atoms in total. The number of nitrogens with one attached hydrogen (secondary N) is 2. The average molecular weight is 333 g/mol. The quantitative estimate of drug-likeness (QED) is 0.871. The molecule has 0 radical (unpaired) electrons. The molecule has 1 aliphatic heterocycles. The Bertz CT molecular complexity index is 463. The predicted octanol–water partition coefficient (Wildman–Crippen LogP) is 2.65. The number of carbonyl (C=O) groups is 1. The van der Waals surface area contributed by atoms with E-state index < -0.39 is 0 Å². The molecule has 1 atom stereocenters. The Morgan fingerprint density at radius 1 is 1.52 bits per heavy atom. The second kappa shape index (κ2) is 8.47. The van der Waals surface area contributed by atoms with Gasteiger partial charge in [0.15, 0.2) is 6.61 Å². The highest BCUT2D eigenvalue weighted by molar-refractivity contribution is 6.30. The Kier molecular flexibility index (Phi) is 7.29. The number of hydrogen-bond acceptors (Lipinski definition) is 3. The van der Waals surface area contributed by atoms with Crippen LogP contribution in [0.5, 0.6) is 5.75 Å². The number of piperidine rings is 1. The Morgan fingerprint density at radius 3 is 3.00 bits per heavy atom. The number of rotatable bonds is 5. The third kappa shape index (κ3) is 6.12. The normalized spacial score (nSPS) is 21.2. The standard InChI is InChI=1S/C15H21ClN2O2.ClH/c1-15(6-3-7-17-10-15)11-18-14(19)9-20-13-5-2-4-12(16)8-13;/h2,4-5,8,17H,3,6-7,9-11H2,1H3,(H,18,19);1H. The summed E-state index contributed by atoms with van der Waals surface area (Å²) in [5.74, 6) is 0.509. The summed E-state index contributed by atoms with van der Waals surface area (Å²) in [6.07, 6.45) is 2.29. The first-order valence-corrected chi connectivity index (χ1v) is 7.31. The maximum absolute atomic E-state index is 11.8. The summed E-state index contributed by atoms with van der Waals surface area (Å²) in [7, 11) is 0. The van der Waals surface area contributed by atoms with Gasteiger partial charge in [0.2, 0.25) is 0 Å². The van der Waals surface area contributed by atoms with Crippen molar-refractivity contribution >= 4 is 29.9 Å². The number of amides is 1. The van der Waals surface area contributed by atoms with Gasteiger partial charge in [-0.2, -0.15) is 0 Å². The van der Waals surface area contributed by atoms with E-state index in [9.17, 15) is 4.79 Å².